The highest BCUT2D eigenvalue weighted by molar-refractivity contribution is 7.99. The summed E-state index contributed by atoms with van der Waals surface area (Å²) in [6, 6.07) is 0. The summed E-state index contributed by atoms with van der Waals surface area (Å²) < 4.78 is 0. The fraction of sp³-hybridized carbons (Fsp3) is 1.00. The topological polar surface area (TPSA) is 26.0 Å². The van der Waals surface area contributed by atoms with E-state index in [9.17, 15) is 0 Å². The van der Waals surface area contributed by atoms with E-state index in [1.54, 1.807) is 0 Å². The van der Waals surface area contributed by atoms with Crippen LogP contribution in [0.3, 0.4) is 0 Å². The van der Waals surface area contributed by atoms with Crippen LogP contribution in [-0.4, -0.2) is 18.1 Å². The Morgan fingerprint density at radius 3 is 2.70 bits per heavy atom. The summed E-state index contributed by atoms with van der Waals surface area (Å²) in [6.45, 7) is 3.16. The average molecular weight is 159 g/mol. The molecule has 0 aliphatic carbocycles. The van der Waals surface area contributed by atoms with Gasteiger partial charge in [-0.2, -0.15) is 11.8 Å². The highest BCUT2D eigenvalue weighted by Gasteiger charge is 2.25. The summed E-state index contributed by atoms with van der Waals surface area (Å²) in [6.07, 6.45) is 2.70. The molecule has 1 saturated heterocycles. The van der Waals surface area contributed by atoms with Gasteiger partial charge in [-0.15, -0.1) is 0 Å². The Morgan fingerprint density at radius 2 is 2.10 bits per heavy atom. The Morgan fingerprint density at radius 1 is 1.40 bits per heavy atom. The molecule has 1 fully saturated rings. The minimum atomic E-state index is 0.824. The molecule has 1 nitrogen and oxygen atoms in total. The Hall–Kier alpha value is 0.310. The van der Waals surface area contributed by atoms with Gasteiger partial charge in [0.1, 0.15) is 0 Å². The first-order valence-corrected chi connectivity index (χ1v) is 5.31. The van der Waals surface area contributed by atoms with E-state index in [-0.39, 0.29) is 0 Å². The van der Waals surface area contributed by atoms with Crippen molar-refractivity contribution in [3.05, 3.63) is 0 Å². The van der Waals surface area contributed by atoms with Gasteiger partial charge in [0, 0.05) is 0 Å². The third-order valence-corrected chi connectivity index (χ3v) is 3.62. The highest BCUT2D eigenvalue weighted by atomic mass is 32.2. The zero-order chi connectivity index (χ0) is 7.40. The van der Waals surface area contributed by atoms with Crippen molar-refractivity contribution in [2.24, 2.45) is 17.6 Å². The summed E-state index contributed by atoms with van der Waals surface area (Å²) in [5.74, 6) is 4.42. The predicted octanol–water partition coefficient (Wildman–Crippen LogP) is 1.72. The summed E-state index contributed by atoms with van der Waals surface area (Å²) in [5, 5.41) is 0. The fourth-order valence-electron chi connectivity index (χ4n) is 1.59. The molecule has 0 bridgehead atoms. The Kier molecular flexibility index (Phi) is 3.57. The normalized spacial score (nSPS) is 33.0. The lowest BCUT2D eigenvalue weighted by Crippen LogP contribution is -2.21. The van der Waals surface area contributed by atoms with Crippen molar-refractivity contribution in [1.29, 1.82) is 0 Å². The van der Waals surface area contributed by atoms with Crippen LogP contribution in [0.2, 0.25) is 0 Å². The second-order valence-corrected chi connectivity index (χ2v) is 4.16. The van der Waals surface area contributed by atoms with Gasteiger partial charge in [-0.3, -0.25) is 0 Å². The summed E-state index contributed by atoms with van der Waals surface area (Å²) in [7, 11) is 0. The van der Waals surface area contributed by atoms with Gasteiger partial charge < -0.3 is 5.73 Å². The quantitative estimate of drug-likeness (QED) is 0.678. The van der Waals surface area contributed by atoms with Crippen LogP contribution in [0.4, 0.5) is 0 Å². The first-order valence-electron chi connectivity index (χ1n) is 4.16. The molecule has 0 aromatic carbocycles. The molecule has 1 aliphatic rings. The van der Waals surface area contributed by atoms with Crippen molar-refractivity contribution >= 4 is 11.8 Å². The minimum Gasteiger partial charge on any atom is -0.330 e. The van der Waals surface area contributed by atoms with Crippen LogP contribution in [0, 0.1) is 11.8 Å². The third kappa shape index (κ3) is 1.89. The maximum absolute atomic E-state index is 5.64. The smallest absolute Gasteiger partial charge is 0.00240 e. The van der Waals surface area contributed by atoms with Gasteiger partial charge in [0.2, 0.25) is 0 Å². The van der Waals surface area contributed by atoms with Gasteiger partial charge in [0.05, 0.1) is 0 Å². The van der Waals surface area contributed by atoms with E-state index in [1.807, 2.05) is 0 Å². The van der Waals surface area contributed by atoms with Gasteiger partial charge in [-0.1, -0.05) is 13.3 Å². The highest BCUT2D eigenvalue weighted by Crippen LogP contribution is 2.31. The van der Waals surface area contributed by atoms with Crippen molar-refractivity contribution in [2.75, 3.05) is 18.1 Å². The van der Waals surface area contributed by atoms with Crippen molar-refractivity contribution in [3.8, 4) is 0 Å². The molecule has 0 spiro atoms. The van der Waals surface area contributed by atoms with Crippen molar-refractivity contribution < 1.29 is 0 Å². The fourth-order valence-corrected chi connectivity index (χ4v) is 3.18. The molecule has 2 heteroatoms. The zero-order valence-corrected chi connectivity index (χ0v) is 7.49. The lowest BCUT2D eigenvalue weighted by atomic mass is 9.92. The molecule has 2 N–H and O–H groups in total. The number of hydrogen-bond donors (Lipinski definition) is 1. The molecule has 0 aromatic rings. The van der Waals surface area contributed by atoms with E-state index in [0.29, 0.717) is 0 Å². The van der Waals surface area contributed by atoms with Crippen molar-refractivity contribution in [3.63, 3.8) is 0 Å². The second-order valence-electron chi connectivity index (χ2n) is 3.08. The Balaban J connectivity index is 2.27. The molecular formula is C8H17NS. The summed E-state index contributed by atoms with van der Waals surface area (Å²) in [4.78, 5) is 0. The van der Waals surface area contributed by atoms with E-state index >= 15 is 0 Å². The molecule has 0 radical (unpaired) electrons. The predicted molar refractivity (Wildman–Crippen MR) is 48.3 cm³/mol. The molecule has 1 aliphatic heterocycles. The molecule has 0 saturated carbocycles. The lowest BCUT2D eigenvalue weighted by Gasteiger charge is -2.14. The molecular weight excluding hydrogens is 142 g/mol. The van der Waals surface area contributed by atoms with E-state index in [0.717, 1.165) is 18.4 Å². The van der Waals surface area contributed by atoms with Crippen molar-refractivity contribution in [2.45, 2.75) is 19.8 Å². The van der Waals surface area contributed by atoms with Crippen LogP contribution < -0.4 is 5.73 Å². The summed E-state index contributed by atoms with van der Waals surface area (Å²) >= 11 is 2.07. The van der Waals surface area contributed by atoms with Crippen molar-refractivity contribution in [1.82, 2.24) is 0 Å². The Labute approximate surface area is 67.8 Å². The zero-order valence-electron chi connectivity index (χ0n) is 6.68. The van der Waals surface area contributed by atoms with Gasteiger partial charge in [0.25, 0.3) is 0 Å². The summed E-state index contributed by atoms with van der Waals surface area (Å²) in [5.41, 5.74) is 5.64. The van der Waals surface area contributed by atoms with Crippen LogP contribution in [0.25, 0.3) is 0 Å². The second kappa shape index (κ2) is 4.24. The molecule has 60 valence electrons. The van der Waals surface area contributed by atoms with Crippen LogP contribution in [-0.2, 0) is 0 Å². The number of hydrogen-bond acceptors (Lipinski definition) is 2. The molecule has 1 rings (SSSR count). The molecule has 2 unspecified atom stereocenters. The van der Waals surface area contributed by atoms with Gasteiger partial charge in [-0.05, 0) is 36.3 Å². The number of rotatable bonds is 3. The molecule has 0 amide bonds. The first-order chi connectivity index (χ1) is 4.88. The maximum atomic E-state index is 5.64. The van der Waals surface area contributed by atoms with Gasteiger partial charge in [-0.25, -0.2) is 0 Å². The number of thioether (sulfide) groups is 1. The number of nitrogens with two attached hydrogens (primary N) is 1. The lowest BCUT2D eigenvalue weighted by molar-refractivity contribution is 0.398. The largest absolute Gasteiger partial charge is 0.330 e. The SMILES string of the molecule is CCCC1CSCC1CN. The molecule has 0 aromatic heterocycles. The maximum Gasteiger partial charge on any atom is -0.00240 e. The standard InChI is InChI=1S/C8H17NS/c1-2-3-7-5-10-6-8(7)4-9/h7-8H,2-6,9H2,1H3. The monoisotopic (exact) mass is 159 g/mol. The van der Waals surface area contributed by atoms with Crippen LogP contribution in [0.5, 0.6) is 0 Å². The van der Waals surface area contributed by atoms with Crippen LogP contribution in [0.1, 0.15) is 19.8 Å². The minimum absolute atomic E-state index is 0.824. The van der Waals surface area contributed by atoms with E-state index in [4.69, 9.17) is 5.73 Å². The van der Waals surface area contributed by atoms with Gasteiger partial charge in [0.15, 0.2) is 0 Å². The molecule has 2 atom stereocenters. The molecule has 10 heavy (non-hydrogen) atoms. The molecule has 1 heterocycles. The average Bonchev–Trinajstić information content (AvgIpc) is 2.36. The first kappa shape index (κ1) is 8.41. The third-order valence-electron chi connectivity index (χ3n) is 2.29. The van der Waals surface area contributed by atoms with Gasteiger partial charge >= 0.3 is 0 Å². The van der Waals surface area contributed by atoms with Crippen LogP contribution in [0.15, 0.2) is 0 Å². The van der Waals surface area contributed by atoms with E-state index < -0.39 is 0 Å². The van der Waals surface area contributed by atoms with E-state index in [2.05, 4.69) is 18.7 Å². The van der Waals surface area contributed by atoms with Crippen LogP contribution >= 0.6 is 11.8 Å². The van der Waals surface area contributed by atoms with E-state index in [1.165, 1.54) is 24.3 Å². The Bertz CT molecular complexity index is 95.3.